The van der Waals surface area contributed by atoms with Gasteiger partial charge < -0.3 is 10.6 Å². The molecule has 2 N–H and O–H groups in total. The molecule has 6 heteroatoms. The second-order valence-electron chi connectivity index (χ2n) is 7.62. The van der Waals surface area contributed by atoms with Crippen molar-refractivity contribution < 1.29 is 0 Å². The van der Waals surface area contributed by atoms with Gasteiger partial charge in [-0.15, -0.1) is 24.0 Å². The van der Waals surface area contributed by atoms with Crippen LogP contribution in [0.3, 0.4) is 0 Å². The summed E-state index contributed by atoms with van der Waals surface area (Å²) in [5.41, 5.74) is 2.41. The van der Waals surface area contributed by atoms with Crippen molar-refractivity contribution in [3.05, 3.63) is 78.1 Å². The number of hydrogen-bond donors (Lipinski definition) is 2. The fraction of sp³-hybridized carbons (Fsp3) is 0.333. The van der Waals surface area contributed by atoms with E-state index in [0.717, 1.165) is 50.7 Å². The number of aliphatic imine (C=N–C) groups is 1. The molecule has 2 aromatic carbocycles. The van der Waals surface area contributed by atoms with Crippen LogP contribution in [-0.2, 0) is 13.1 Å². The summed E-state index contributed by atoms with van der Waals surface area (Å²) in [5, 5.41) is 9.61. The minimum atomic E-state index is 0. The number of nitrogens with one attached hydrogen (secondary N) is 2. The molecule has 3 aromatic rings. The van der Waals surface area contributed by atoms with E-state index < -0.39 is 0 Å². The molecule has 0 saturated carbocycles. The Balaban J connectivity index is 0.00000256. The van der Waals surface area contributed by atoms with Crippen molar-refractivity contribution in [2.75, 3.05) is 20.1 Å². The van der Waals surface area contributed by atoms with Crippen LogP contribution in [0.4, 0.5) is 0 Å². The summed E-state index contributed by atoms with van der Waals surface area (Å²) in [7, 11) is 1.84. The average Bonchev–Trinajstić information content (AvgIpc) is 2.78. The third kappa shape index (κ3) is 6.15. The number of rotatable bonds is 5. The molecule has 0 radical (unpaired) electrons. The number of guanidine groups is 1. The molecule has 1 fully saturated rings. The molecule has 0 bridgehead atoms. The predicted molar refractivity (Wildman–Crippen MR) is 135 cm³/mol. The van der Waals surface area contributed by atoms with Crippen molar-refractivity contribution in [2.24, 2.45) is 4.99 Å². The minimum absolute atomic E-state index is 0. The highest BCUT2D eigenvalue weighted by Crippen LogP contribution is 2.16. The van der Waals surface area contributed by atoms with Crippen molar-refractivity contribution in [2.45, 2.75) is 32.0 Å². The Labute approximate surface area is 196 Å². The van der Waals surface area contributed by atoms with Gasteiger partial charge in [-0.05, 0) is 47.4 Å². The van der Waals surface area contributed by atoms with Gasteiger partial charge in [-0.25, -0.2) is 0 Å². The maximum absolute atomic E-state index is 4.44. The molecule has 0 amide bonds. The van der Waals surface area contributed by atoms with Crippen molar-refractivity contribution in [1.29, 1.82) is 0 Å². The number of pyridine rings is 1. The van der Waals surface area contributed by atoms with Crippen molar-refractivity contribution in [3.8, 4) is 0 Å². The molecule has 158 valence electrons. The smallest absolute Gasteiger partial charge is 0.191 e. The van der Waals surface area contributed by atoms with E-state index in [4.69, 9.17) is 0 Å². The monoisotopic (exact) mass is 515 g/mol. The second-order valence-corrected chi connectivity index (χ2v) is 7.62. The summed E-state index contributed by atoms with van der Waals surface area (Å²) < 4.78 is 0. The third-order valence-corrected chi connectivity index (χ3v) is 5.54. The fourth-order valence-corrected chi connectivity index (χ4v) is 3.88. The van der Waals surface area contributed by atoms with Gasteiger partial charge in [0, 0.05) is 45.5 Å². The molecular formula is C24H30IN5. The van der Waals surface area contributed by atoms with E-state index in [1.807, 2.05) is 19.3 Å². The molecule has 30 heavy (non-hydrogen) atoms. The maximum Gasteiger partial charge on any atom is 0.191 e. The van der Waals surface area contributed by atoms with Gasteiger partial charge in [0.1, 0.15) is 0 Å². The van der Waals surface area contributed by atoms with Crippen LogP contribution in [0.5, 0.6) is 0 Å². The Morgan fingerprint density at radius 3 is 2.53 bits per heavy atom. The van der Waals surface area contributed by atoms with Gasteiger partial charge >= 0.3 is 0 Å². The number of aromatic nitrogens is 1. The van der Waals surface area contributed by atoms with E-state index >= 15 is 0 Å². The van der Waals surface area contributed by atoms with Gasteiger partial charge in [0.15, 0.2) is 5.96 Å². The number of piperidine rings is 1. The number of hydrogen-bond acceptors (Lipinski definition) is 3. The lowest BCUT2D eigenvalue weighted by molar-refractivity contribution is 0.196. The zero-order valence-electron chi connectivity index (χ0n) is 17.4. The predicted octanol–water partition coefficient (Wildman–Crippen LogP) is 4.18. The van der Waals surface area contributed by atoms with Crippen molar-refractivity contribution in [3.63, 3.8) is 0 Å². The largest absolute Gasteiger partial charge is 0.354 e. The Morgan fingerprint density at radius 2 is 1.80 bits per heavy atom. The van der Waals surface area contributed by atoms with E-state index in [1.54, 1.807) is 0 Å². The summed E-state index contributed by atoms with van der Waals surface area (Å²) in [4.78, 5) is 11.3. The molecule has 1 aromatic heterocycles. The maximum atomic E-state index is 4.44. The first kappa shape index (κ1) is 22.5. The Morgan fingerprint density at radius 1 is 1.03 bits per heavy atom. The van der Waals surface area contributed by atoms with Crippen LogP contribution < -0.4 is 10.6 Å². The van der Waals surface area contributed by atoms with Gasteiger partial charge in [-0.2, -0.15) is 0 Å². The SMILES string of the molecule is CN=C(NCc1ccc2ccccc2c1)NC1CCN(Cc2ccccn2)CC1.I. The van der Waals surface area contributed by atoms with Crippen LogP contribution in [-0.4, -0.2) is 42.0 Å². The Kier molecular flexibility index (Phi) is 8.45. The molecule has 5 nitrogen and oxygen atoms in total. The minimum Gasteiger partial charge on any atom is -0.354 e. The first-order valence-electron chi connectivity index (χ1n) is 10.4. The lowest BCUT2D eigenvalue weighted by Crippen LogP contribution is -2.48. The first-order valence-corrected chi connectivity index (χ1v) is 10.4. The van der Waals surface area contributed by atoms with Gasteiger partial charge in [0.25, 0.3) is 0 Å². The third-order valence-electron chi connectivity index (χ3n) is 5.54. The molecule has 1 aliphatic rings. The molecular weight excluding hydrogens is 485 g/mol. The summed E-state index contributed by atoms with van der Waals surface area (Å²) >= 11 is 0. The molecule has 2 heterocycles. The zero-order chi connectivity index (χ0) is 19.9. The van der Waals surface area contributed by atoms with Gasteiger partial charge in [0.05, 0.1) is 5.69 Å². The van der Waals surface area contributed by atoms with E-state index in [-0.39, 0.29) is 24.0 Å². The van der Waals surface area contributed by atoms with E-state index in [0.29, 0.717) is 6.04 Å². The molecule has 0 spiro atoms. The van der Waals surface area contributed by atoms with Gasteiger partial charge in [-0.1, -0.05) is 42.5 Å². The summed E-state index contributed by atoms with van der Waals surface area (Å²) in [6.07, 6.45) is 4.10. The lowest BCUT2D eigenvalue weighted by Gasteiger charge is -2.32. The topological polar surface area (TPSA) is 52.6 Å². The van der Waals surface area contributed by atoms with Crippen LogP contribution in [0.25, 0.3) is 10.8 Å². The van der Waals surface area contributed by atoms with E-state index in [9.17, 15) is 0 Å². The van der Waals surface area contributed by atoms with Crippen LogP contribution in [0, 0.1) is 0 Å². The van der Waals surface area contributed by atoms with Crippen LogP contribution in [0.2, 0.25) is 0 Å². The summed E-state index contributed by atoms with van der Waals surface area (Å²) in [6.45, 7) is 3.86. The standard InChI is InChI=1S/C24H29N5.HI/c1-25-24(27-17-19-9-10-20-6-2-3-7-21(20)16-19)28-22-11-14-29(15-12-22)18-23-8-4-5-13-26-23;/h2-10,13,16,22H,11-12,14-15,17-18H2,1H3,(H2,25,27,28);1H. The molecule has 0 atom stereocenters. The Hall–Kier alpha value is -2.19. The number of likely N-dealkylation sites (tertiary alicyclic amines) is 1. The van der Waals surface area contributed by atoms with Crippen molar-refractivity contribution >= 4 is 40.7 Å². The quantitative estimate of drug-likeness (QED) is 0.304. The molecule has 1 saturated heterocycles. The normalized spacial score (nSPS) is 15.6. The lowest BCUT2D eigenvalue weighted by atomic mass is 10.0. The van der Waals surface area contributed by atoms with Crippen LogP contribution in [0.1, 0.15) is 24.1 Å². The number of fused-ring (bicyclic) bond motifs is 1. The fourth-order valence-electron chi connectivity index (χ4n) is 3.88. The van der Waals surface area contributed by atoms with Gasteiger partial charge in [0.2, 0.25) is 0 Å². The molecule has 0 unspecified atom stereocenters. The second kappa shape index (κ2) is 11.3. The van der Waals surface area contributed by atoms with E-state index in [2.05, 4.69) is 80.1 Å². The average molecular weight is 515 g/mol. The zero-order valence-corrected chi connectivity index (χ0v) is 19.8. The number of halogens is 1. The molecule has 0 aliphatic carbocycles. The highest BCUT2D eigenvalue weighted by molar-refractivity contribution is 14.0. The van der Waals surface area contributed by atoms with Crippen LogP contribution >= 0.6 is 24.0 Å². The number of benzene rings is 2. The molecule has 4 rings (SSSR count). The van der Waals surface area contributed by atoms with Crippen LogP contribution in [0.15, 0.2) is 71.9 Å². The summed E-state index contributed by atoms with van der Waals surface area (Å²) in [6, 6.07) is 21.6. The van der Waals surface area contributed by atoms with Gasteiger partial charge in [-0.3, -0.25) is 14.9 Å². The Bertz CT molecular complexity index is 952. The van der Waals surface area contributed by atoms with E-state index in [1.165, 1.54) is 16.3 Å². The first-order chi connectivity index (χ1) is 14.3. The molecule has 1 aliphatic heterocycles. The van der Waals surface area contributed by atoms with Crippen molar-refractivity contribution in [1.82, 2.24) is 20.5 Å². The highest BCUT2D eigenvalue weighted by atomic mass is 127. The highest BCUT2D eigenvalue weighted by Gasteiger charge is 2.20. The summed E-state index contributed by atoms with van der Waals surface area (Å²) in [5.74, 6) is 0.876. The number of nitrogens with zero attached hydrogens (tertiary/aromatic N) is 3.